The second kappa shape index (κ2) is 47.2. The summed E-state index contributed by atoms with van der Waals surface area (Å²) < 4.78 is 22.9. The molecule has 9 nitrogen and oxygen atoms in total. The van der Waals surface area contributed by atoms with Gasteiger partial charge in [0.2, 0.25) is 0 Å². The SMILES string of the molecule is CC/C=C\C/C=C\C/C=C\C/C=C\CCCCCCC(=O)OC(COCCCCCCCCCCCCCCCCCCCCCCCCCCC)COC1OC(CO)C(O)C(O)C1O. The monoisotopic (exact) mass is 919 g/mol. The molecule has 65 heavy (non-hydrogen) atoms. The zero-order valence-electron chi connectivity index (χ0n) is 42.0. The Hall–Kier alpha value is -1.85. The van der Waals surface area contributed by atoms with Gasteiger partial charge < -0.3 is 39.4 Å². The lowest BCUT2D eigenvalue weighted by atomic mass is 9.99. The van der Waals surface area contributed by atoms with Gasteiger partial charge >= 0.3 is 5.97 Å². The fourth-order valence-electron chi connectivity index (χ4n) is 8.31. The first-order valence-electron chi connectivity index (χ1n) is 27.2. The molecular weight excluding hydrogens is 817 g/mol. The Bertz CT molecular complexity index is 1140. The van der Waals surface area contributed by atoms with Crippen molar-refractivity contribution in [1.29, 1.82) is 0 Å². The number of hydrogen-bond acceptors (Lipinski definition) is 9. The molecular formula is C56H102O9. The molecule has 0 amide bonds. The maximum Gasteiger partial charge on any atom is 0.306 e. The first kappa shape index (κ1) is 61.2. The molecule has 4 N–H and O–H groups in total. The summed E-state index contributed by atoms with van der Waals surface area (Å²) in [5, 5.41) is 40.3. The molecule has 380 valence electrons. The van der Waals surface area contributed by atoms with Crippen LogP contribution in [-0.4, -0.2) is 89.6 Å². The van der Waals surface area contributed by atoms with Crippen molar-refractivity contribution in [3.8, 4) is 0 Å². The molecule has 1 aliphatic heterocycles. The number of hydrogen-bond donors (Lipinski definition) is 4. The lowest BCUT2D eigenvalue weighted by Gasteiger charge is -2.39. The molecule has 0 aromatic carbocycles. The van der Waals surface area contributed by atoms with E-state index in [9.17, 15) is 25.2 Å². The van der Waals surface area contributed by atoms with Crippen molar-refractivity contribution in [3.63, 3.8) is 0 Å². The molecule has 6 unspecified atom stereocenters. The first-order valence-corrected chi connectivity index (χ1v) is 27.2. The fourth-order valence-corrected chi connectivity index (χ4v) is 8.31. The first-order chi connectivity index (χ1) is 31.9. The number of carbonyl (C=O) groups is 1. The Balaban J connectivity index is 2.16. The van der Waals surface area contributed by atoms with Crippen molar-refractivity contribution >= 4 is 5.97 Å². The molecule has 0 aromatic heterocycles. The summed E-state index contributed by atoms with van der Waals surface area (Å²) in [4.78, 5) is 12.8. The quantitative estimate of drug-likeness (QED) is 0.0267. The van der Waals surface area contributed by atoms with Crippen molar-refractivity contribution < 1.29 is 44.2 Å². The van der Waals surface area contributed by atoms with Gasteiger partial charge in [0.25, 0.3) is 0 Å². The molecule has 1 fully saturated rings. The van der Waals surface area contributed by atoms with Gasteiger partial charge in [-0.05, 0) is 51.4 Å². The van der Waals surface area contributed by atoms with Gasteiger partial charge in [0.05, 0.1) is 19.8 Å². The zero-order chi connectivity index (χ0) is 47.1. The molecule has 0 spiro atoms. The molecule has 0 saturated carbocycles. The van der Waals surface area contributed by atoms with Crippen LogP contribution in [0.2, 0.25) is 0 Å². The fraction of sp³-hybridized carbons (Fsp3) is 0.839. The third kappa shape index (κ3) is 37.8. The van der Waals surface area contributed by atoms with Gasteiger partial charge in [-0.3, -0.25) is 4.79 Å². The van der Waals surface area contributed by atoms with Crippen LogP contribution in [0.3, 0.4) is 0 Å². The van der Waals surface area contributed by atoms with Crippen LogP contribution in [0, 0.1) is 0 Å². The topological polar surface area (TPSA) is 135 Å². The molecule has 6 atom stereocenters. The maximum atomic E-state index is 12.8. The van der Waals surface area contributed by atoms with Crippen molar-refractivity contribution in [1.82, 2.24) is 0 Å². The minimum absolute atomic E-state index is 0.122. The molecule has 1 aliphatic rings. The highest BCUT2D eigenvalue weighted by atomic mass is 16.7. The van der Waals surface area contributed by atoms with Crippen molar-refractivity contribution in [2.24, 2.45) is 0 Å². The smallest absolute Gasteiger partial charge is 0.306 e. The Kier molecular flexibility index (Phi) is 44.4. The number of aliphatic hydroxyl groups excluding tert-OH is 4. The van der Waals surface area contributed by atoms with E-state index < -0.39 is 43.4 Å². The van der Waals surface area contributed by atoms with Crippen molar-refractivity contribution in [3.05, 3.63) is 48.6 Å². The van der Waals surface area contributed by atoms with Crippen LogP contribution in [0.25, 0.3) is 0 Å². The van der Waals surface area contributed by atoms with E-state index in [0.29, 0.717) is 13.0 Å². The van der Waals surface area contributed by atoms with Crippen molar-refractivity contribution in [2.75, 3.05) is 26.4 Å². The number of aliphatic hydroxyl groups is 4. The number of carbonyl (C=O) groups excluding carboxylic acids is 1. The third-order valence-corrected chi connectivity index (χ3v) is 12.5. The standard InChI is InChI=1S/C56H102O9/c1-3-5-7-9-11-13-15-17-19-21-22-23-24-25-26-27-28-30-32-34-36-38-40-42-44-46-62-48-50(49-63-56-55(61)54(60)53(59)51(47-57)65-56)64-52(58)45-43-41-39-37-35-33-31-29-20-18-16-14-12-10-8-6-4-2/h6,8,12,14,18,20,31,33,50-51,53-57,59-61H,3-5,7,9-11,13,15-17,19,21-30,32,34-49H2,1-2H3/b8-6-,14-12-,20-18-,33-31-. The van der Waals surface area contributed by atoms with E-state index in [-0.39, 0.29) is 19.2 Å². The second-order valence-corrected chi connectivity index (χ2v) is 18.7. The van der Waals surface area contributed by atoms with E-state index in [0.717, 1.165) is 70.6 Å². The molecule has 0 radical (unpaired) electrons. The van der Waals surface area contributed by atoms with Gasteiger partial charge in [-0.25, -0.2) is 0 Å². The van der Waals surface area contributed by atoms with Gasteiger partial charge in [0, 0.05) is 13.0 Å². The highest BCUT2D eigenvalue weighted by molar-refractivity contribution is 5.69. The van der Waals surface area contributed by atoms with Crippen LogP contribution >= 0.6 is 0 Å². The van der Waals surface area contributed by atoms with E-state index >= 15 is 0 Å². The van der Waals surface area contributed by atoms with Gasteiger partial charge in [-0.1, -0.05) is 229 Å². The molecule has 0 aliphatic carbocycles. The molecule has 1 rings (SSSR count). The van der Waals surface area contributed by atoms with Crippen LogP contribution in [0.5, 0.6) is 0 Å². The molecule has 1 saturated heterocycles. The predicted octanol–water partition coefficient (Wildman–Crippen LogP) is 13.6. The van der Waals surface area contributed by atoms with E-state index in [1.165, 1.54) is 148 Å². The summed E-state index contributed by atoms with van der Waals surface area (Å²) >= 11 is 0. The van der Waals surface area contributed by atoms with Crippen LogP contribution in [0.4, 0.5) is 0 Å². The van der Waals surface area contributed by atoms with E-state index in [1.54, 1.807) is 0 Å². The number of esters is 1. The maximum absolute atomic E-state index is 12.8. The Morgan fingerprint density at radius 1 is 0.508 bits per heavy atom. The number of allylic oxidation sites excluding steroid dienone is 8. The highest BCUT2D eigenvalue weighted by Crippen LogP contribution is 2.23. The highest BCUT2D eigenvalue weighted by Gasteiger charge is 2.44. The van der Waals surface area contributed by atoms with Gasteiger partial charge in [0.1, 0.15) is 30.5 Å². The third-order valence-electron chi connectivity index (χ3n) is 12.5. The molecule has 0 bridgehead atoms. The van der Waals surface area contributed by atoms with Gasteiger partial charge in [-0.15, -0.1) is 0 Å². The van der Waals surface area contributed by atoms with Crippen LogP contribution in [-0.2, 0) is 23.7 Å². The molecule has 1 heterocycles. The lowest BCUT2D eigenvalue weighted by Crippen LogP contribution is -2.59. The zero-order valence-corrected chi connectivity index (χ0v) is 42.0. The van der Waals surface area contributed by atoms with Crippen LogP contribution < -0.4 is 0 Å². The molecule has 9 heteroatoms. The Morgan fingerprint density at radius 2 is 0.938 bits per heavy atom. The lowest BCUT2D eigenvalue weighted by molar-refractivity contribution is -0.305. The summed E-state index contributed by atoms with van der Waals surface area (Å²) in [6.45, 7) is 4.45. The van der Waals surface area contributed by atoms with E-state index in [1.807, 2.05) is 0 Å². The predicted molar refractivity (Wildman–Crippen MR) is 270 cm³/mol. The van der Waals surface area contributed by atoms with Crippen LogP contribution in [0.1, 0.15) is 239 Å². The van der Waals surface area contributed by atoms with Crippen LogP contribution in [0.15, 0.2) is 48.6 Å². The minimum atomic E-state index is -1.54. The minimum Gasteiger partial charge on any atom is -0.457 e. The summed E-state index contributed by atoms with van der Waals surface area (Å²) in [5.41, 5.74) is 0. The average molecular weight is 919 g/mol. The number of rotatable bonds is 47. The number of ether oxygens (including phenoxy) is 4. The summed E-state index contributed by atoms with van der Waals surface area (Å²) in [5.74, 6) is -0.333. The Labute approximate surface area is 399 Å². The summed E-state index contributed by atoms with van der Waals surface area (Å²) in [6, 6.07) is 0. The number of unbranched alkanes of at least 4 members (excludes halogenated alkanes) is 28. The van der Waals surface area contributed by atoms with Gasteiger partial charge in [0.15, 0.2) is 6.29 Å². The Morgan fingerprint density at radius 3 is 1.42 bits per heavy atom. The average Bonchev–Trinajstić information content (AvgIpc) is 3.31. The van der Waals surface area contributed by atoms with Crippen molar-refractivity contribution in [2.45, 2.75) is 275 Å². The second-order valence-electron chi connectivity index (χ2n) is 18.7. The van der Waals surface area contributed by atoms with Gasteiger partial charge in [-0.2, -0.15) is 0 Å². The summed E-state index contributed by atoms with van der Waals surface area (Å²) in [7, 11) is 0. The van der Waals surface area contributed by atoms with E-state index in [4.69, 9.17) is 18.9 Å². The van der Waals surface area contributed by atoms with E-state index in [2.05, 4.69) is 62.5 Å². The largest absolute Gasteiger partial charge is 0.457 e. The summed E-state index contributed by atoms with van der Waals surface area (Å²) in [6.07, 6.45) is 53.0. The normalized spacial score (nSPS) is 19.8. The molecule has 0 aromatic rings.